The first-order valence-corrected chi connectivity index (χ1v) is 8.26. The molecule has 6 nitrogen and oxygen atoms in total. The van der Waals surface area contributed by atoms with Crippen LogP contribution in [0.3, 0.4) is 0 Å². The number of aliphatic carboxylic acids is 1. The molecule has 130 valence electrons. The molecular formula is C18H17FN2O4. The van der Waals surface area contributed by atoms with E-state index < -0.39 is 28.7 Å². The number of rotatable bonds is 2. The quantitative estimate of drug-likeness (QED) is 0.872. The van der Waals surface area contributed by atoms with Gasteiger partial charge in [0.05, 0.1) is 11.0 Å². The van der Waals surface area contributed by atoms with Crippen molar-refractivity contribution in [1.29, 1.82) is 0 Å². The molecule has 1 aromatic carbocycles. The lowest BCUT2D eigenvalue weighted by Crippen LogP contribution is -2.37. The molecule has 2 atom stereocenters. The van der Waals surface area contributed by atoms with Crippen LogP contribution in [0.5, 0.6) is 0 Å². The Labute approximate surface area is 142 Å². The molecule has 0 radical (unpaired) electrons. The predicted molar refractivity (Wildman–Crippen MR) is 87.8 cm³/mol. The van der Waals surface area contributed by atoms with E-state index in [1.165, 1.54) is 23.1 Å². The van der Waals surface area contributed by atoms with Gasteiger partial charge in [-0.15, -0.1) is 0 Å². The Balaban J connectivity index is 1.75. The Morgan fingerprint density at radius 3 is 2.84 bits per heavy atom. The number of halogens is 1. The monoisotopic (exact) mass is 344 g/mol. The second-order valence-corrected chi connectivity index (χ2v) is 6.97. The van der Waals surface area contributed by atoms with Crippen LogP contribution >= 0.6 is 0 Å². The molecule has 4 rings (SSSR count). The molecule has 1 aliphatic carbocycles. The summed E-state index contributed by atoms with van der Waals surface area (Å²) in [5.41, 5.74) is -0.851. The number of fused-ring (bicyclic) bond motifs is 2. The van der Waals surface area contributed by atoms with E-state index >= 15 is 0 Å². The summed E-state index contributed by atoms with van der Waals surface area (Å²) in [6.07, 6.45) is 2.18. The molecule has 1 aliphatic heterocycles. The molecule has 1 saturated heterocycles. The Bertz CT molecular complexity index is 954. The molecule has 2 aliphatic rings. The van der Waals surface area contributed by atoms with Gasteiger partial charge >= 0.3 is 5.97 Å². The lowest BCUT2D eigenvalue weighted by molar-refractivity contribution is -0.149. The third-order valence-electron chi connectivity index (χ3n) is 5.62. The van der Waals surface area contributed by atoms with E-state index in [2.05, 4.69) is 4.98 Å². The van der Waals surface area contributed by atoms with Gasteiger partial charge in [-0.1, -0.05) is 6.42 Å². The molecule has 2 fully saturated rings. The van der Waals surface area contributed by atoms with Gasteiger partial charge in [0, 0.05) is 30.1 Å². The molecule has 0 unspecified atom stereocenters. The molecule has 1 saturated carbocycles. The molecular weight excluding hydrogens is 327 g/mol. The van der Waals surface area contributed by atoms with E-state index in [0.29, 0.717) is 23.9 Å². The zero-order valence-electron chi connectivity index (χ0n) is 13.4. The Morgan fingerprint density at radius 1 is 1.32 bits per heavy atom. The number of carbonyl (C=O) groups is 2. The number of aromatic nitrogens is 1. The second-order valence-electron chi connectivity index (χ2n) is 6.97. The average Bonchev–Trinajstić information content (AvgIpc) is 3.12. The van der Waals surface area contributed by atoms with Crippen LogP contribution in [0.15, 0.2) is 29.1 Å². The number of hydrogen-bond acceptors (Lipinski definition) is 3. The number of likely N-dealkylation sites (tertiary alicyclic amines) is 1. The summed E-state index contributed by atoms with van der Waals surface area (Å²) in [7, 11) is 0. The van der Waals surface area contributed by atoms with E-state index in [4.69, 9.17) is 0 Å². The van der Waals surface area contributed by atoms with E-state index in [1.54, 1.807) is 0 Å². The SMILES string of the molecule is O=C(c1cc(=O)[nH]c2ccc(F)cc12)N1C[C@@H]2CCC[C@@]2(C(=O)O)C1. The number of benzene rings is 1. The van der Waals surface area contributed by atoms with E-state index in [0.717, 1.165) is 18.9 Å². The van der Waals surface area contributed by atoms with Gasteiger partial charge in [-0.05, 0) is 37.0 Å². The van der Waals surface area contributed by atoms with Gasteiger partial charge in [-0.3, -0.25) is 14.4 Å². The van der Waals surface area contributed by atoms with Crippen molar-refractivity contribution < 1.29 is 19.1 Å². The van der Waals surface area contributed by atoms with Crippen LogP contribution in [0.25, 0.3) is 10.9 Å². The zero-order valence-corrected chi connectivity index (χ0v) is 13.4. The number of carbonyl (C=O) groups excluding carboxylic acids is 1. The largest absolute Gasteiger partial charge is 0.481 e. The summed E-state index contributed by atoms with van der Waals surface area (Å²) in [4.78, 5) is 40.7. The van der Waals surface area contributed by atoms with Gasteiger partial charge in [0.15, 0.2) is 0 Å². The standard InChI is InChI=1S/C18H17FN2O4/c19-11-3-4-14-12(6-11)13(7-15(22)20-14)16(23)21-8-10-2-1-5-18(10,9-21)17(24)25/h3-4,6-7,10H,1-2,5,8-9H2,(H,20,22)(H,24,25)/t10-,18+/m0/s1. The van der Waals surface area contributed by atoms with Crippen molar-refractivity contribution in [2.75, 3.05) is 13.1 Å². The average molecular weight is 344 g/mol. The molecule has 0 bridgehead atoms. The first-order valence-electron chi connectivity index (χ1n) is 8.26. The maximum atomic E-state index is 13.6. The fraction of sp³-hybridized carbons (Fsp3) is 0.389. The number of pyridine rings is 1. The molecule has 7 heteroatoms. The van der Waals surface area contributed by atoms with Gasteiger partial charge in [0.1, 0.15) is 5.82 Å². The smallest absolute Gasteiger partial charge is 0.311 e. The topological polar surface area (TPSA) is 90.5 Å². The first kappa shape index (κ1) is 15.8. The molecule has 2 aromatic rings. The second kappa shape index (κ2) is 5.40. The van der Waals surface area contributed by atoms with Gasteiger partial charge < -0.3 is 15.0 Å². The summed E-state index contributed by atoms with van der Waals surface area (Å²) < 4.78 is 13.6. The minimum atomic E-state index is -0.891. The lowest BCUT2D eigenvalue weighted by Gasteiger charge is -2.23. The minimum absolute atomic E-state index is 0.0704. The van der Waals surface area contributed by atoms with E-state index in [1.807, 2.05) is 0 Å². The highest BCUT2D eigenvalue weighted by atomic mass is 19.1. The third kappa shape index (κ3) is 2.33. The predicted octanol–water partition coefficient (Wildman–Crippen LogP) is 1.99. The van der Waals surface area contributed by atoms with Crippen LogP contribution in [-0.4, -0.2) is 40.0 Å². The number of nitrogens with zero attached hydrogens (tertiary/aromatic N) is 1. The van der Waals surface area contributed by atoms with E-state index in [-0.39, 0.29) is 18.0 Å². The van der Waals surface area contributed by atoms with Crippen LogP contribution in [-0.2, 0) is 4.79 Å². The fourth-order valence-corrected chi connectivity index (χ4v) is 4.37. The lowest BCUT2D eigenvalue weighted by atomic mass is 9.81. The van der Waals surface area contributed by atoms with Gasteiger partial charge in [-0.25, -0.2) is 4.39 Å². The molecule has 1 amide bonds. The van der Waals surface area contributed by atoms with E-state index in [9.17, 15) is 23.9 Å². The summed E-state index contributed by atoms with van der Waals surface area (Å²) in [5.74, 6) is -1.86. The zero-order chi connectivity index (χ0) is 17.8. The minimum Gasteiger partial charge on any atom is -0.481 e. The maximum Gasteiger partial charge on any atom is 0.311 e. The molecule has 25 heavy (non-hydrogen) atoms. The first-order chi connectivity index (χ1) is 11.9. The number of aromatic amines is 1. The Hall–Kier alpha value is -2.70. The van der Waals surface area contributed by atoms with Crippen molar-refractivity contribution in [3.05, 3.63) is 46.0 Å². The van der Waals surface area contributed by atoms with Crippen LogP contribution in [0.1, 0.15) is 29.6 Å². The fourth-order valence-electron chi connectivity index (χ4n) is 4.37. The van der Waals surface area contributed by atoms with Crippen molar-refractivity contribution in [3.8, 4) is 0 Å². The van der Waals surface area contributed by atoms with Gasteiger partial charge in [-0.2, -0.15) is 0 Å². The summed E-state index contributed by atoms with van der Waals surface area (Å²) in [6, 6.07) is 5.00. The number of carboxylic acid groups (broad SMARTS) is 1. The molecule has 2 N–H and O–H groups in total. The number of hydrogen-bond donors (Lipinski definition) is 2. The number of H-pyrrole nitrogens is 1. The van der Waals surface area contributed by atoms with Crippen LogP contribution in [0.4, 0.5) is 4.39 Å². The number of carboxylic acids is 1. The maximum absolute atomic E-state index is 13.6. The molecule has 0 spiro atoms. The summed E-state index contributed by atoms with van der Waals surface area (Å²) >= 11 is 0. The number of nitrogens with one attached hydrogen (secondary N) is 1. The highest BCUT2D eigenvalue weighted by Gasteiger charge is 2.55. The van der Waals surface area contributed by atoms with Gasteiger partial charge in [0.25, 0.3) is 5.91 Å². The Kier molecular flexibility index (Phi) is 3.42. The van der Waals surface area contributed by atoms with Crippen LogP contribution in [0, 0.1) is 17.2 Å². The number of amides is 1. The van der Waals surface area contributed by atoms with Crippen molar-refractivity contribution in [2.45, 2.75) is 19.3 Å². The van der Waals surface area contributed by atoms with Crippen molar-refractivity contribution in [1.82, 2.24) is 9.88 Å². The van der Waals surface area contributed by atoms with Crippen LogP contribution in [0.2, 0.25) is 0 Å². The third-order valence-corrected chi connectivity index (χ3v) is 5.62. The molecule has 2 heterocycles. The Morgan fingerprint density at radius 2 is 2.12 bits per heavy atom. The summed E-state index contributed by atoms with van der Waals surface area (Å²) in [5, 5.41) is 9.98. The normalized spacial score (nSPS) is 25.3. The van der Waals surface area contributed by atoms with Crippen LogP contribution < -0.4 is 5.56 Å². The summed E-state index contributed by atoms with van der Waals surface area (Å²) in [6.45, 7) is 0.490. The van der Waals surface area contributed by atoms with Crippen molar-refractivity contribution in [3.63, 3.8) is 0 Å². The molecule has 1 aromatic heterocycles. The van der Waals surface area contributed by atoms with Crippen molar-refractivity contribution in [2.24, 2.45) is 11.3 Å². The highest BCUT2D eigenvalue weighted by molar-refractivity contribution is 6.06. The highest BCUT2D eigenvalue weighted by Crippen LogP contribution is 2.49. The van der Waals surface area contributed by atoms with Gasteiger partial charge in [0.2, 0.25) is 5.56 Å². The van der Waals surface area contributed by atoms with Crippen molar-refractivity contribution >= 4 is 22.8 Å².